The molecule has 1 aliphatic carbocycles. The lowest BCUT2D eigenvalue weighted by atomic mass is 9.92. The molecular formula is C37H49N5O13S2. The molecule has 0 unspecified atom stereocenters. The Bertz CT molecular complexity index is 2290. The molecule has 57 heavy (non-hydrogen) atoms. The van der Waals surface area contributed by atoms with Crippen molar-refractivity contribution in [3.8, 4) is 39.7 Å². The Morgan fingerprint density at radius 3 is 1.88 bits per heavy atom. The number of rotatable bonds is 24. The number of phenols is 1. The lowest BCUT2D eigenvalue weighted by molar-refractivity contribution is -0.890. The van der Waals surface area contributed by atoms with Crippen molar-refractivity contribution in [2.45, 2.75) is 12.8 Å². The summed E-state index contributed by atoms with van der Waals surface area (Å²) in [6, 6.07) is 12.1. The Morgan fingerprint density at radius 2 is 1.32 bits per heavy atom. The third kappa shape index (κ3) is 14.7. The van der Waals surface area contributed by atoms with Gasteiger partial charge in [0.1, 0.15) is 54.9 Å². The zero-order valence-electron chi connectivity index (χ0n) is 32.4. The van der Waals surface area contributed by atoms with E-state index in [1.807, 2.05) is 28.2 Å². The summed E-state index contributed by atoms with van der Waals surface area (Å²) < 4.78 is 96.7. The molecule has 1 heterocycles. The number of benzene rings is 3. The van der Waals surface area contributed by atoms with E-state index in [4.69, 9.17) is 23.4 Å². The van der Waals surface area contributed by atoms with Gasteiger partial charge >= 0.3 is 0 Å². The summed E-state index contributed by atoms with van der Waals surface area (Å²) in [4.78, 5) is 15.4. The van der Waals surface area contributed by atoms with Crippen LogP contribution >= 0.6 is 0 Å². The van der Waals surface area contributed by atoms with Crippen molar-refractivity contribution in [3.63, 3.8) is 0 Å². The molecule has 18 nitrogen and oxygen atoms in total. The van der Waals surface area contributed by atoms with E-state index in [1.165, 1.54) is 24.3 Å². The van der Waals surface area contributed by atoms with E-state index >= 15 is 0 Å². The van der Waals surface area contributed by atoms with Gasteiger partial charge in [-0.2, -0.15) is 0 Å². The van der Waals surface area contributed by atoms with E-state index in [2.05, 4.69) is 10.0 Å². The van der Waals surface area contributed by atoms with Gasteiger partial charge in [-0.1, -0.05) is 5.11 Å². The van der Waals surface area contributed by atoms with E-state index < -0.39 is 31.7 Å². The first-order valence-electron chi connectivity index (χ1n) is 18.1. The summed E-state index contributed by atoms with van der Waals surface area (Å²) in [5.41, 5.74) is 11.2. The Balaban J connectivity index is 1.55. The molecule has 2 aromatic carbocycles. The largest absolute Gasteiger partial charge is 0.748 e. The van der Waals surface area contributed by atoms with Crippen LogP contribution in [0.1, 0.15) is 12.8 Å². The maximum absolute atomic E-state index is 12.4. The number of phenolic OH excluding ortho intramolecular Hbond substituents is 1. The highest BCUT2D eigenvalue weighted by atomic mass is 32.2. The van der Waals surface area contributed by atoms with Crippen molar-refractivity contribution in [1.29, 1.82) is 0 Å². The second kappa shape index (κ2) is 19.8. The Kier molecular flexibility index (Phi) is 15.7. The van der Waals surface area contributed by atoms with Crippen LogP contribution in [-0.2, 0) is 29.7 Å². The summed E-state index contributed by atoms with van der Waals surface area (Å²) in [6.07, 6.45) is 0.469. The molecule has 0 amide bonds. The van der Waals surface area contributed by atoms with Gasteiger partial charge in [-0.05, 0) is 35.9 Å². The van der Waals surface area contributed by atoms with Gasteiger partial charge in [0, 0.05) is 69.5 Å². The van der Waals surface area contributed by atoms with Crippen LogP contribution in [0.2, 0.25) is 0 Å². The van der Waals surface area contributed by atoms with Crippen LogP contribution < -0.4 is 14.9 Å². The van der Waals surface area contributed by atoms with Gasteiger partial charge in [0.25, 0.3) is 0 Å². The minimum Gasteiger partial charge on any atom is -0.748 e. The van der Waals surface area contributed by atoms with Crippen molar-refractivity contribution < 1.29 is 63.4 Å². The minimum absolute atomic E-state index is 0.0568. The summed E-state index contributed by atoms with van der Waals surface area (Å²) in [5, 5.41) is 14.7. The summed E-state index contributed by atoms with van der Waals surface area (Å²) in [6.45, 7) is 3.17. The molecule has 0 aromatic heterocycles. The molecule has 20 heteroatoms. The summed E-state index contributed by atoms with van der Waals surface area (Å²) >= 11 is 0. The van der Waals surface area contributed by atoms with Gasteiger partial charge in [0.05, 0.1) is 93.6 Å². The van der Waals surface area contributed by atoms with Gasteiger partial charge in [-0.25, -0.2) is 16.8 Å². The Labute approximate surface area is 331 Å². The Hall–Kier alpha value is -4.50. The maximum Gasteiger partial charge on any atom is 0.182 e. The highest BCUT2D eigenvalue weighted by Crippen LogP contribution is 2.47. The summed E-state index contributed by atoms with van der Waals surface area (Å²) in [7, 11) is -0.935. The molecule has 2 aliphatic rings. The number of hydrogen-bond acceptors (Lipinski definition) is 14. The van der Waals surface area contributed by atoms with Gasteiger partial charge in [0.15, 0.2) is 5.43 Å². The second-order valence-electron chi connectivity index (χ2n) is 14.7. The highest BCUT2D eigenvalue weighted by molar-refractivity contribution is 7.85. The fourth-order valence-corrected chi connectivity index (χ4v) is 7.03. The molecule has 0 spiro atoms. The lowest BCUT2D eigenvalue weighted by Crippen LogP contribution is -2.43. The third-order valence-corrected chi connectivity index (χ3v) is 10.7. The number of nitrogens with zero attached hydrogens (tertiary/aromatic N) is 5. The molecule has 1 N–H and O–H groups in total. The molecule has 312 valence electrons. The van der Waals surface area contributed by atoms with Gasteiger partial charge in [0.2, 0.25) is 0 Å². The smallest absolute Gasteiger partial charge is 0.182 e. The maximum atomic E-state index is 12.4. The van der Waals surface area contributed by atoms with Gasteiger partial charge in [-0.3, -0.25) is 4.79 Å². The van der Waals surface area contributed by atoms with Crippen molar-refractivity contribution >= 4 is 36.9 Å². The van der Waals surface area contributed by atoms with Crippen molar-refractivity contribution in [1.82, 2.24) is 0 Å². The Morgan fingerprint density at radius 1 is 0.737 bits per heavy atom. The predicted molar refractivity (Wildman–Crippen MR) is 210 cm³/mol. The van der Waals surface area contributed by atoms with Gasteiger partial charge in [-0.15, -0.1) is 0 Å². The average molecular weight is 836 g/mol. The molecule has 0 bridgehead atoms. The molecule has 2 aromatic rings. The molecule has 0 saturated carbocycles. The van der Waals surface area contributed by atoms with Gasteiger partial charge < -0.3 is 46.5 Å². The fraction of sp³-hybridized carbons (Fsp3) is 0.486. The molecule has 0 saturated heterocycles. The van der Waals surface area contributed by atoms with Crippen LogP contribution in [0.25, 0.3) is 43.9 Å². The van der Waals surface area contributed by atoms with Crippen LogP contribution in [0, 0.1) is 0 Å². The van der Waals surface area contributed by atoms with Crippen LogP contribution in [0.5, 0.6) is 17.2 Å². The van der Waals surface area contributed by atoms with Crippen LogP contribution in [0.4, 0.5) is 5.69 Å². The number of azide groups is 1. The number of hydrogen-bond donors (Lipinski definition) is 1. The van der Waals surface area contributed by atoms with Crippen molar-refractivity contribution in [2.75, 3.05) is 106 Å². The number of fused-ring (bicyclic) bond motifs is 2. The number of likely N-dealkylation sites (N-methyl/N-ethyl adjacent to an activating group) is 2. The van der Waals surface area contributed by atoms with E-state index in [-0.39, 0.29) is 73.2 Å². The topological polar surface area (TPSA) is 251 Å². The second-order valence-corrected chi connectivity index (χ2v) is 17.8. The highest BCUT2D eigenvalue weighted by Gasteiger charge is 2.23. The first-order chi connectivity index (χ1) is 26.8. The normalized spacial score (nSPS) is 12.5. The van der Waals surface area contributed by atoms with Crippen molar-refractivity contribution in [2.24, 2.45) is 5.11 Å². The van der Waals surface area contributed by atoms with E-state index in [0.29, 0.717) is 76.2 Å². The lowest BCUT2D eigenvalue weighted by Gasteiger charge is -2.29. The van der Waals surface area contributed by atoms with E-state index in [0.717, 1.165) is 0 Å². The minimum atomic E-state index is -4.29. The van der Waals surface area contributed by atoms with E-state index in [1.54, 1.807) is 24.3 Å². The molecular weight excluding hydrogens is 787 g/mol. The summed E-state index contributed by atoms with van der Waals surface area (Å²) in [5.74, 6) is -0.155. The average Bonchev–Trinajstić information content (AvgIpc) is 3.09. The molecule has 4 rings (SSSR count). The van der Waals surface area contributed by atoms with Crippen LogP contribution in [0.3, 0.4) is 0 Å². The molecule has 0 atom stereocenters. The molecule has 1 aliphatic heterocycles. The predicted octanol–water partition coefficient (Wildman–Crippen LogP) is 4.03. The third-order valence-electron chi connectivity index (χ3n) is 9.13. The zero-order valence-corrected chi connectivity index (χ0v) is 34.1. The number of quaternary nitrogens is 2. The first kappa shape index (κ1) is 45.2. The number of aromatic hydroxyl groups is 1. The SMILES string of the molecule is C[N+](C)(CCCS(=O)(=O)[O-])CCOCCOc1cc(OCCOCC[N+](C)(C)CCCS(=O)(=O)[O-])c(-c2c3ccc(=O)cc-3oc3cc(O)ccc23)cc1N=[N+]=[N-]. The zero-order chi connectivity index (χ0) is 41.9. The van der Waals surface area contributed by atoms with Crippen LogP contribution in [0.15, 0.2) is 62.9 Å². The standard InChI is InChI=1S/C37H49N5O13S2/c1-41(2,11-5-21-56(45,46)47)13-15-51-17-19-53-33-26-36(54-20-18-52-16-14-42(3,4)12-6-22-57(48,49)50)32(39-40-38)25-31(33)37-29-9-7-27(43)23-34(29)55-35-24-28(44)8-10-30(35)37/h7-10,23-26H,5-6,11-22H2,1-4H3,(H-2,43,44,45,46,47,48,49,50). The van der Waals surface area contributed by atoms with Crippen LogP contribution in [-0.4, -0.2) is 146 Å². The molecule has 0 radical (unpaired) electrons. The van der Waals surface area contributed by atoms with E-state index in [9.17, 15) is 41.4 Å². The monoisotopic (exact) mass is 835 g/mol. The quantitative estimate of drug-likeness (QED) is 0.0199. The first-order valence-corrected chi connectivity index (χ1v) is 21.3. The molecule has 0 fully saturated rings. The fourth-order valence-electron chi connectivity index (χ4n) is 6.07. The van der Waals surface area contributed by atoms with Crippen molar-refractivity contribution in [3.05, 3.63) is 69.2 Å². The number of ether oxygens (including phenoxy) is 4.